The minimum absolute atomic E-state index is 0.140. The molecule has 0 aliphatic carbocycles. The van der Waals surface area contributed by atoms with Crippen molar-refractivity contribution in [1.29, 1.82) is 0 Å². The van der Waals surface area contributed by atoms with E-state index >= 15 is 0 Å². The highest BCUT2D eigenvalue weighted by Gasteiger charge is 2.27. The van der Waals surface area contributed by atoms with Crippen LogP contribution in [0.15, 0.2) is 23.1 Å². The molecule has 0 bridgehead atoms. The van der Waals surface area contributed by atoms with Gasteiger partial charge in [-0.05, 0) is 18.6 Å². The highest BCUT2D eigenvalue weighted by molar-refractivity contribution is 8.13. The second kappa shape index (κ2) is 5.90. The molecule has 2 aromatic rings. The Kier molecular flexibility index (Phi) is 4.55. The van der Waals surface area contributed by atoms with Crippen LogP contribution < -0.4 is 0 Å². The van der Waals surface area contributed by atoms with Crippen molar-refractivity contribution in [3.05, 3.63) is 40.7 Å². The third-order valence-electron chi connectivity index (χ3n) is 2.72. The molecule has 0 amide bonds. The number of hydrogen-bond acceptors (Lipinski definition) is 3. The van der Waals surface area contributed by atoms with E-state index in [-0.39, 0.29) is 21.4 Å². The summed E-state index contributed by atoms with van der Waals surface area (Å²) in [6.07, 6.45) is 0.898. The first-order valence-corrected chi connectivity index (χ1v) is 8.62. The van der Waals surface area contributed by atoms with Gasteiger partial charge < -0.3 is 0 Å². The van der Waals surface area contributed by atoms with Crippen LogP contribution in [0.1, 0.15) is 19.0 Å². The smallest absolute Gasteiger partial charge is 0.218 e. The van der Waals surface area contributed by atoms with Crippen molar-refractivity contribution >= 4 is 31.3 Å². The minimum Gasteiger partial charge on any atom is -0.218 e. The number of rotatable bonds is 4. The van der Waals surface area contributed by atoms with E-state index in [0.717, 1.165) is 16.8 Å². The zero-order valence-electron chi connectivity index (χ0n) is 10.8. The predicted octanol–water partition coefficient (Wildman–Crippen LogP) is 3.68. The van der Waals surface area contributed by atoms with E-state index in [4.69, 9.17) is 22.3 Å². The van der Waals surface area contributed by atoms with Crippen molar-refractivity contribution in [3.63, 3.8) is 0 Å². The van der Waals surface area contributed by atoms with Crippen LogP contribution in [-0.4, -0.2) is 18.2 Å². The number of aromatic nitrogens is 2. The van der Waals surface area contributed by atoms with Gasteiger partial charge in [0.2, 0.25) is 0 Å². The van der Waals surface area contributed by atoms with Crippen LogP contribution in [0.5, 0.6) is 0 Å². The van der Waals surface area contributed by atoms with Crippen molar-refractivity contribution in [2.24, 2.45) is 0 Å². The molecular formula is C12H10Cl2F2N2O2S. The van der Waals surface area contributed by atoms with Crippen molar-refractivity contribution in [2.75, 3.05) is 0 Å². The fraction of sp³-hybridized carbons (Fsp3) is 0.250. The molecule has 0 aliphatic heterocycles. The zero-order chi connectivity index (χ0) is 15.8. The van der Waals surface area contributed by atoms with Crippen molar-refractivity contribution in [1.82, 2.24) is 9.78 Å². The van der Waals surface area contributed by atoms with E-state index in [1.807, 2.05) is 6.92 Å². The molecule has 0 saturated heterocycles. The first kappa shape index (κ1) is 16.2. The highest BCUT2D eigenvalue weighted by atomic mass is 35.7. The molecule has 1 aromatic carbocycles. The predicted molar refractivity (Wildman–Crippen MR) is 75.5 cm³/mol. The number of nitrogens with zero attached hydrogens (tertiary/aromatic N) is 2. The van der Waals surface area contributed by atoms with E-state index in [2.05, 4.69) is 5.10 Å². The molecule has 0 radical (unpaired) electrons. The van der Waals surface area contributed by atoms with Gasteiger partial charge in [0.05, 0.1) is 5.69 Å². The molecule has 1 aromatic heterocycles. The Bertz CT molecular complexity index is 791. The average Bonchev–Trinajstić information content (AvgIpc) is 2.66. The second-order valence-electron chi connectivity index (χ2n) is 4.26. The first-order chi connectivity index (χ1) is 9.75. The largest absolute Gasteiger partial charge is 0.266 e. The summed E-state index contributed by atoms with van der Waals surface area (Å²) in [6, 6.07) is 2.79. The maximum Gasteiger partial charge on any atom is 0.266 e. The molecular weight excluding hydrogens is 345 g/mol. The lowest BCUT2D eigenvalue weighted by atomic mass is 10.2. The monoisotopic (exact) mass is 354 g/mol. The Morgan fingerprint density at radius 2 is 2.00 bits per heavy atom. The third-order valence-corrected chi connectivity index (χ3v) is 4.57. The van der Waals surface area contributed by atoms with Crippen LogP contribution in [0, 0.1) is 11.6 Å². The number of halogens is 4. The fourth-order valence-corrected chi connectivity index (χ4v) is 3.74. The van der Waals surface area contributed by atoms with E-state index in [9.17, 15) is 17.2 Å². The van der Waals surface area contributed by atoms with Crippen molar-refractivity contribution < 1.29 is 17.2 Å². The summed E-state index contributed by atoms with van der Waals surface area (Å²) in [5.74, 6) is -1.68. The molecule has 114 valence electrons. The first-order valence-electron chi connectivity index (χ1n) is 5.93. The normalized spacial score (nSPS) is 11.9. The molecule has 0 fully saturated rings. The molecule has 21 heavy (non-hydrogen) atoms. The van der Waals surface area contributed by atoms with Crippen LogP contribution in [-0.2, 0) is 15.5 Å². The summed E-state index contributed by atoms with van der Waals surface area (Å²) in [5, 5.41) is 3.65. The average molecular weight is 355 g/mol. The lowest BCUT2D eigenvalue weighted by Crippen LogP contribution is -2.01. The summed E-state index contributed by atoms with van der Waals surface area (Å²) in [6.45, 7) is 1.82. The van der Waals surface area contributed by atoms with Gasteiger partial charge in [-0.25, -0.2) is 21.9 Å². The van der Waals surface area contributed by atoms with Crippen molar-refractivity contribution in [3.8, 4) is 5.69 Å². The van der Waals surface area contributed by atoms with E-state index in [1.54, 1.807) is 0 Å². The number of hydrogen-bond donors (Lipinski definition) is 0. The van der Waals surface area contributed by atoms with Gasteiger partial charge >= 0.3 is 0 Å². The molecule has 0 spiro atoms. The highest BCUT2D eigenvalue weighted by Crippen LogP contribution is 2.32. The topological polar surface area (TPSA) is 52.0 Å². The Balaban J connectivity index is 2.71. The summed E-state index contributed by atoms with van der Waals surface area (Å²) in [7, 11) is 1.22. The van der Waals surface area contributed by atoms with Crippen LogP contribution in [0.25, 0.3) is 5.69 Å². The molecule has 0 atom stereocenters. The van der Waals surface area contributed by atoms with E-state index < -0.39 is 20.7 Å². The zero-order valence-corrected chi connectivity index (χ0v) is 13.1. The van der Waals surface area contributed by atoms with Gasteiger partial charge in [-0.3, -0.25) is 0 Å². The van der Waals surface area contributed by atoms with Crippen LogP contribution >= 0.6 is 22.3 Å². The molecule has 0 aliphatic rings. The lowest BCUT2D eigenvalue weighted by molar-refractivity contribution is 0.573. The Hall–Kier alpha value is -1.18. The summed E-state index contributed by atoms with van der Waals surface area (Å²) in [4.78, 5) is -0.351. The third kappa shape index (κ3) is 3.20. The van der Waals surface area contributed by atoms with Gasteiger partial charge in [0.15, 0.2) is 11.0 Å². The molecule has 2 rings (SSSR count). The molecule has 4 nitrogen and oxygen atoms in total. The van der Waals surface area contributed by atoms with Gasteiger partial charge in [0, 0.05) is 16.7 Å². The van der Waals surface area contributed by atoms with E-state index in [0.29, 0.717) is 18.9 Å². The minimum atomic E-state index is -4.13. The van der Waals surface area contributed by atoms with Crippen molar-refractivity contribution in [2.45, 2.75) is 24.7 Å². The van der Waals surface area contributed by atoms with Gasteiger partial charge in [0.25, 0.3) is 9.05 Å². The maximum atomic E-state index is 13.8. The number of aryl methyl sites for hydroxylation is 1. The van der Waals surface area contributed by atoms with Gasteiger partial charge in [-0.1, -0.05) is 24.9 Å². The Labute approximate surface area is 129 Å². The van der Waals surface area contributed by atoms with Gasteiger partial charge in [-0.2, -0.15) is 5.10 Å². The summed E-state index contributed by atoms with van der Waals surface area (Å²) < 4.78 is 50.8. The molecule has 0 saturated carbocycles. The van der Waals surface area contributed by atoms with Crippen LogP contribution in [0.4, 0.5) is 8.78 Å². The maximum absolute atomic E-state index is 13.8. The van der Waals surface area contributed by atoms with E-state index in [1.165, 1.54) is 0 Å². The summed E-state index contributed by atoms with van der Waals surface area (Å²) in [5.41, 5.74) is -0.0217. The van der Waals surface area contributed by atoms with Gasteiger partial charge in [-0.15, -0.1) is 0 Å². The fourth-order valence-electron chi connectivity index (χ4n) is 1.88. The Morgan fingerprint density at radius 3 is 2.52 bits per heavy atom. The lowest BCUT2D eigenvalue weighted by Gasteiger charge is -2.04. The number of benzene rings is 1. The Morgan fingerprint density at radius 1 is 1.33 bits per heavy atom. The standard InChI is InChI=1S/C12H10Cl2F2N2O2S/c1-2-3-9-11(21(14,19)20)12(13)18(17-9)10-5-4-7(15)6-8(10)16/h4-6H,2-3H2,1H3. The molecule has 1 heterocycles. The SMILES string of the molecule is CCCc1nn(-c2ccc(F)cc2F)c(Cl)c1S(=O)(=O)Cl. The quantitative estimate of drug-likeness (QED) is 0.786. The molecule has 9 heteroatoms. The molecule has 0 N–H and O–H groups in total. The molecule has 0 unspecified atom stereocenters. The summed E-state index contributed by atoms with van der Waals surface area (Å²) >= 11 is 5.97. The second-order valence-corrected chi connectivity index (χ2v) is 7.12. The van der Waals surface area contributed by atoms with Crippen LogP contribution in [0.3, 0.4) is 0 Å². The van der Waals surface area contributed by atoms with Crippen LogP contribution in [0.2, 0.25) is 5.15 Å². The van der Waals surface area contributed by atoms with Gasteiger partial charge in [0.1, 0.15) is 16.4 Å².